The Balaban J connectivity index is 1.92. The summed E-state index contributed by atoms with van der Waals surface area (Å²) in [5.41, 5.74) is 0.787. The van der Waals surface area contributed by atoms with E-state index in [9.17, 15) is 9.59 Å². The lowest BCUT2D eigenvalue weighted by atomic mass is 10.4. The summed E-state index contributed by atoms with van der Waals surface area (Å²) in [6.45, 7) is 2.10. The number of carbonyl (C=O) groups excluding carboxylic acids is 1. The Morgan fingerprint density at radius 2 is 2.47 bits per heavy atom. The Hall–Kier alpha value is -1.96. The summed E-state index contributed by atoms with van der Waals surface area (Å²) < 4.78 is 1.43. The number of hydrogen-bond donors (Lipinski definition) is 2. The van der Waals surface area contributed by atoms with Gasteiger partial charge >= 0.3 is 4.87 Å². The summed E-state index contributed by atoms with van der Waals surface area (Å²) in [5, 5.41) is 10.7. The first-order valence-electron chi connectivity index (χ1n) is 4.92. The Kier molecular flexibility index (Phi) is 3.33. The van der Waals surface area contributed by atoms with Crippen LogP contribution in [-0.4, -0.2) is 25.7 Å². The molecule has 0 bridgehead atoms. The van der Waals surface area contributed by atoms with E-state index in [0.29, 0.717) is 5.82 Å². The highest BCUT2D eigenvalue weighted by Gasteiger charge is 2.08. The van der Waals surface area contributed by atoms with E-state index in [0.717, 1.165) is 17.0 Å². The summed E-state index contributed by atoms with van der Waals surface area (Å²) in [4.78, 5) is 26.7. The largest absolute Gasteiger partial charge is 0.347 e. The molecule has 2 rings (SSSR count). The van der Waals surface area contributed by atoms with Gasteiger partial charge in [-0.3, -0.25) is 19.3 Å². The van der Waals surface area contributed by atoms with Crippen LogP contribution in [0.4, 0.5) is 0 Å². The first-order valence-corrected chi connectivity index (χ1v) is 5.80. The molecule has 0 aliphatic heterocycles. The highest BCUT2D eigenvalue weighted by Crippen LogP contribution is 1.98. The minimum absolute atomic E-state index is 0.0301. The molecule has 0 aliphatic rings. The molecule has 0 radical (unpaired) electrons. The number of hydrogen-bond acceptors (Lipinski definition) is 5. The fourth-order valence-corrected chi connectivity index (χ4v) is 2.03. The Morgan fingerprint density at radius 1 is 1.65 bits per heavy atom. The molecule has 8 heteroatoms. The molecule has 0 aromatic carbocycles. The lowest BCUT2D eigenvalue weighted by molar-refractivity contribution is -0.121. The average Bonchev–Trinajstić information content (AvgIpc) is 2.91. The molecule has 0 spiro atoms. The third kappa shape index (κ3) is 2.78. The number of aryl methyl sites for hydroxylation is 1. The van der Waals surface area contributed by atoms with Gasteiger partial charge in [-0.2, -0.15) is 5.10 Å². The summed E-state index contributed by atoms with van der Waals surface area (Å²) in [5.74, 6) is 0.345. The number of nitrogens with zero attached hydrogens (tertiary/aromatic N) is 3. The van der Waals surface area contributed by atoms with Gasteiger partial charge in [0.15, 0.2) is 0 Å². The van der Waals surface area contributed by atoms with Crippen molar-refractivity contribution in [2.75, 3.05) is 0 Å². The van der Waals surface area contributed by atoms with Crippen molar-refractivity contribution in [2.24, 2.45) is 0 Å². The number of aromatic nitrogens is 4. The maximum absolute atomic E-state index is 11.6. The monoisotopic (exact) mass is 253 g/mol. The number of amides is 1. The van der Waals surface area contributed by atoms with Gasteiger partial charge in [0.05, 0.1) is 6.54 Å². The maximum atomic E-state index is 11.6. The lowest BCUT2D eigenvalue weighted by Gasteiger charge is -2.04. The number of carbonyl (C=O) groups is 1. The third-order valence-corrected chi connectivity index (χ3v) is 3.08. The second kappa shape index (κ2) is 4.91. The van der Waals surface area contributed by atoms with Crippen molar-refractivity contribution in [2.45, 2.75) is 20.0 Å². The van der Waals surface area contributed by atoms with Crippen LogP contribution in [0.2, 0.25) is 0 Å². The van der Waals surface area contributed by atoms with Crippen molar-refractivity contribution in [1.29, 1.82) is 0 Å². The number of aromatic amines is 1. The number of thiazole rings is 1. The molecule has 0 aliphatic carbocycles. The Bertz CT molecular complexity index is 556. The fourth-order valence-electron chi connectivity index (χ4n) is 1.29. The first-order chi connectivity index (χ1) is 8.16. The van der Waals surface area contributed by atoms with Crippen LogP contribution in [0, 0.1) is 6.92 Å². The topological polar surface area (TPSA) is 92.7 Å². The van der Waals surface area contributed by atoms with E-state index in [-0.39, 0.29) is 23.9 Å². The third-order valence-electron chi connectivity index (χ3n) is 2.20. The minimum atomic E-state index is -0.231. The van der Waals surface area contributed by atoms with Crippen LogP contribution in [0.5, 0.6) is 0 Å². The molecule has 2 heterocycles. The van der Waals surface area contributed by atoms with Crippen molar-refractivity contribution < 1.29 is 4.79 Å². The molecule has 2 aromatic heterocycles. The van der Waals surface area contributed by atoms with Gasteiger partial charge in [-0.1, -0.05) is 11.3 Å². The second-order valence-electron chi connectivity index (χ2n) is 3.44. The van der Waals surface area contributed by atoms with Crippen molar-refractivity contribution in [3.05, 3.63) is 32.9 Å². The first kappa shape index (κ1) is 11.5. The van der Waals surface area contributed by atoms with Crippen molar-refractivity contribution >= 4 is 17.2 Å². The van der Waals surface area contributed by atoms with Gasteiger partial charge in [0, 0.05) is 11.1 Å². The maximum Gasteiger partial charge on any atom is 0.307 e. The van der Waals surface area contributed by atoms with Gasteiger partial charge in [-0.05, 0) is 6.92 Å². The fraction of sp³-hybridized carbons (Fsp3) is 0.333. The zero-order valence-electron chi connectivity index (χ0n) is 9.14. The van der Waals surface area contributed by atoms with Crippen LogP contribution >= 0.6 is 11.3 Å². The quantitative estimate of drug-likeness (QED) is 0.779. The van der Waals surface area contributed by atoms with Crippen molar-refractivity contribution in [1.82, 2.24) is 25.1 Å². The van der Waals surface area contributed by atoms with E-state index in [1.807, 2.05) is 0 Å². The van der Waals surface area contributed by atoms with Crippen LogP contribution < -0.4 is 10.2 Å². The smallest absolute Gasteiger partial charge is 0.307 e. The summed E-state index contributed by atoms with van der Waals surface area (Å²) >= 11 is 1.09. The molecule has 0 fully saturated rings. The normalized spacial score (nSPS) is 10.4. The van der Waals surface area contributed by atoms with Gasteiger partial charge in [-0.25, -0.2) is 4.98 Å². The van der Waals surface area contributed by atoms with E-state index < -0.39 is 0 Å². The van der Waals surface area contributed by atoms with Crippen LogP contribution in [0.15, 0.2) is 16.5 Å². The van der Waals surface area contributed by atoms with Crippen LogP contribution in [0.1, 0.15) is 11.5 Å². The van der Waals surface area contributed by atoms with Gasteiger partial charge in [0.25, 0.3) is 0 Å². The molecule has 90 valence electrons. The van der Waals surface area contributed by atoms with E-state index in [4.69, 9.17) is 0 Å². The molecule has 7 nitrogen and oxygen atoms in total. The second-order valence-corrected chi connectivity index (χ2v) is 4.26. The molecule has 0 unspecified atom stereocenters. The Labute approximate surface area is 101 Å². The van der Waals surface area contributed by atoms with E-state index in [1.54, 1.807) is 12.3 Å². The summed E-state index contributed by atoms with van der Waals surface area (Å²) in [7, 11) is 0. The summed E-state index contributed by atoms with van der Waals surface area (Å²) in [6, 6.07) is 0. The molecule has 0 saturated carbocycles. The van der Waals surface area contributed by atoms with Gasteiger partial charge in [-0.15, -0.1) is 0 Å². The van der Waals surface area contributed by atoms with Gasteiger partial charge in [0.1, 0.15) is 18.7 Å². The molecule has 1 amide bonds. The zero-order chi connectivity index (χ0) is 12.3. The van der Waals surface area contributed by atoms with Crippen LogP contribution in [0.3, 0.4) is 0 Å². The number of rotatable bonds is 4. The van der Waals surface area contributed by atoms with Crippen molar-refractivity contribution in [3.63, 3.8) is 0 Å². The number of nitrogens with one attached hydrogen (secondary N) is 2. The molecule has 2 N–H and O–H groups in total. The molecular formula is C9H11N5O2S. The lowest BCUT2D eigenvalue weighted by Crippen LogP contribution is -2.31. The van der Waals surface area contributed by atoms with Crippen molar-refractivity contribution in [3.8, 4) is 0 Å². The standard InChI is InChI=1S/C9H11N5O2S/c1-6-4-17-9(16)14(6)3-8(15)10-2-7-11-5-12-13-7/h4-5H,2-3H2,1H3,(H,10,15)(H,11,12,13). The molecule has 0 atom stereocenters. The Morgan fingerprint density at radius 3 is 3.06 bits per heavy atom. The van der Waals surface area contributed by atoms with Gasteiger partial charge < -0.3 is 5.32 Å². The molecule has 2 aromatic rings. The SMILES string of the molecule is Cc1csc(=O)n1CC(=O)NCc1ncn[nH]1. The highest BCUT2D eigenvalue weighted by molar-refractivity contribution is 7.07. The van der Waals surface area contributed by atoms with Gasteiger partial charge in [0.2, 0.25) is 5.91 Å². The predicted molar refractivity (Wildman–Crippen MR) is 61.5 cm³/mol. The van der Waals surface area contributed by atoms with E-state index in [2.05, 4.69) is 20.5 Å². The minimum Gasteiger partial charge on any atom is -0.347 e. The van der Waals surface area contributed by atoms with E-state index in [1.165, 1.54) is 10.9 Å². The van der Waals surface area contributed by atoms with E-state index >= 15 is 0 Å². The van der Waals surface area contributed by atoms with Crippen LogP contribution in [-0.2, 0) is 17.9 Å². The molecular weight excluding hydrogens is 242 g/mol. The van der Waals surface area contributed by atoms with Crippen LogP contribution in [0.25, 0.3) is 0 Å². The average molecular weight is 253 g/mol. The summed E-state index contributed by atoms with van der Waals surface area (Å²) in [6.07, 6.45) is 1.37. The molecule has 17 heavy (non-hydrogen) atoms. The molecule has 0 saturated heterocycles. The zero-order valence-corrected chi connectivity index (χ0v) is 9.95. The highest BCUT2D eigenvalue weighted by atomic mass is 32.1. The number of H-pyrrole nitrogens is 1. The predicted octanol–water partition coefficient (Wildman–Crippen LogP) is -0.347.